The molecule has 1 aliphatic rings. The second-order valence-corrected chi connectivity index (χ2v) is 9.44. The van der Waals surface area contributed by atoms with Crippen LogP contribution < -0.4 is 10.6 Å². The summed E-state index contributed by atoms with van der Waals surface area (Å²) in [7, 11) is 0. The zero-order valence-corrected chi connectivity index (χ0v) is 20.3. The van der Waals surface area contributed by atoms with Gasteiger partial charge in [-0.2, -0.15) is 0 Å². The van der Waals surface area contributed by atoms with Gasteiger partial charge in [0.2, 0.25) is 5.91 Å². The van der Waals surface area contributed by atoms with Crippen molar-refractivity contribution in [2.24, 2.45) is 0 Å². The molecule has 0 aromatic heterocycles. The molecule has 6 heteroatoms. The van der Waals surface area contributed by atoms with Crippen LogP contribution in [-0.2, 0) is 21.5 Å². The van der Waals surface area contributed by atoms with Crippen LogP contribution in [0.15, 0.2) is 84.9 Å². The van der Waals surface area contributed by atoms with Crippen molar-refractivity contribution in [2.45, 2.75) is 44.7 Å². The molecule has 1 fully saturated rings. The molecule has 0 aliphatic carbocycles. The van der Waals surface area contributed by atoms with Crippen LogP contribution in [0.5, 0.6) is 0 Å². The highest BCUT2D eigenvalue weighted by molar-refractivity contribution is 6.09. The van der Waals surface area contributed by atoms with E-state index < -0.39 is 23.4 Å². The first-order valence-corrected chi connectivity index (χ1v) is 11.9. The van der Waals surface area contributed by atoms with Gasteiger partial charge in [-0.3, -0.25) is 14.5 Å². The van der Waals surface area contributed by atoms with Gasteiger partial charge in [-0.25, -0.2) is 4.79 Å². The van der Waals surface area contributed by atoms with Crippen LogP contribution in [0.4, 0.5) is 4.79 Å². The summed E-state index contributed by atoms with van der Waals surface area (Å²) in [6, 6.07) is 26.4. The minimum Gasteiger partial charge on any atom is -0.347 e. The summed E-state index contributed by atoms with van der Waals surface area (Å²) < 4.78 is 0. The van der Waals surface area contributed by atoms with Crippen molar-refractivity contribution in [1.29, 1.82) is 0 Å². The second-order valence-electron chi connectivity index (χ2n) is 9.44. The van der Waals surface area contributed by atoms with E-state index in [-0.39, 0.29) is 12.6 Å². The van der Waals surface area contributed by atoms with Gasteiger partial charge in [0.15, 0.2) is 0 Å². The van der Waals surface area contributed by atoms with Crippen molar-refractivity contribution in [3.63, 3.8) is 0 Å². The van der Waals surface area contributed by atoms with Gasteiger partial charge < -0.3 is 10.6 Å². The van der Waals surface area contributed by atoms with Crippen LogP contribution in [0, 0.1) is 0 Å². The molecule has 0 bridgehead atoms. The monoisotopic (exact) mass is 469 g/mol. The van der Waals surface area contributed by atoms with Gasteiger partial charge in [0.1, 0.15) is 12.1 Å². The van der Waals surface area contributed by atoms with Crippen molar-refractivity contribution in [1.82, 2.24) is 15.5 Å². The average molecular weight is 470 g/mol. The summed E-state index contributed by atoms with van der Waals surface area (Å²) >= 11 is 0. The Morgan fingerprint density at radius 1 is 0.886 bits per heavy atom. The van der Waals surface area contributed by atoms with Crippen molar-refractivity contribution in [3.05, 3.63) is 107 Å². The maximum atomic E-state index is 13.3. The van der Waals surface area contributed by atoms with Crippen LogP contribution in [0.1, 0.15) is 55.0 Å². The Morgan fingerprint density at radius 3 is 2.09 bits per heavy atom. The minimum atomic E-state index is -1.21. The third kappa shape index (κ3) is 5.27. The number of nitrogens with one attached hydrogen (secondary N) is 2. The highest BCUT2D eigenvalue weighted by atomic mass is 16.2. The van der Waals surface area contributed by atoms with E-state index in [9.17, 15) is 14.4 Å². The molecule has 2 unspecified atom stereocenters. The molecule has 1 heterocycles. The molecule has 4 amide bonds. The summed E-state index contributed by atoms with van der Waals surface area (Å²) in [4.78, 5) is 40.1. The number of nitrogens with zero attached hydrogens (tertiary/aromatic N) is 1. The third-order valence-electron chi connectivity index (χ3n) is 6.55. The predicted octanol–water partition coefficient (Wildman–Crippen LogP) is 4.68. The normalized spacial score (nSPS) is 18.5. The van der Waals surface area contributed by atoms with Gasteiger partial charge in [0.25, 0.3) is 5.91 Å². The van der Waals surface area contributed by atoms with E-state index in [1.807, 2.05) is 84.9 Å². The first-order chi connectivity index (χ1) is 16.8. The fourth-order valence-electron chi connectivity index (χ4n) is 4.41. The molecular formula is C29H31N3O3. The van der Waals surface area contributed by atoms with Crippen LogP contribution >= 0.6 is 0 Å². The molecular weight excluding hydrogens is 438 g/mol. The molecule has 1 aliphatic heterocycles. The van der Waals surface area contributed by atoms with E-state index in [1.165, 1.54) is 0 Å². The zero-order valence-electron chi connectivity index (χ0n) is 20.3. The second kappa shape index (κ2) is 10.1. The van der Waals surface area contributed by atoms with Crippen molar-refractivity contribution in [3.8, 4) is 0 Å². The Morgan fingerprint density at radius 2 is 1.49 bits per heavy atom. The third-order valence-corrected chi connectivity index (χ3v) is 6.55. The topological polar surface area (TPSA) is 78.5 Å². The number of amides is 4. The average Bonchev–Trinajstić information content (AvgIpc) is 3.08. The molecule has 2 atom stereocenters. The first kappa shape index (κ1) is 24.2. The maximum absolute atomic E-state index is 13.3. The number of hydrogen-bond acceptors (Lipinski definition) is 3. The molecule has 0 spiro atoms. The van der Waals surface area contributed by atoms with Crippen molar-refractivity contribution < 1.29 is 14.4 Å². The van der Waals surface area contributed by atoms with E-state index >= 15 is 0 Å². The van der Waals surface area contributed by atoms with E-state index in [0.29, 0.717) is 17.9 Å². The summed E-state index contributed by atoms with van der Waals surface area (Å²) in [5.74, 6) is -0.466. The Kier molecular flexibility index (Phi) is 7.01. The lowest BCUT2D eigenvalue weighted by atomic mass is 9.90. The fraction of sp³-hybridized carbons (Fsp3) is 0.276. The Balaban J connectivity index is 1.49. The Labute approximate surface area is 206 Å². The number of hydrogen-bond donors (Lipinski definition) is 2. The summed E-state index contributed by atoms with van der Waals surface area (Å²) in [6.45, 7) is 5.53. The first-order valence-electron chi connectivity index (χ1n) is 11.9. The molecule has 1 saturated heterocycles. The maximum Gasteiger partial charge on any atom is 0.325 e. The van der Waals surface area contributed by atoms with Crippen LogP contribution in [0.3, 0.4) is 0 Å². The molecule has 4 rings (SSSR count). The molecule has 6 nitrogen and oxygen atoms in total. The smallest absolute Gasteiger partial charge is 0.325 e. The molecule has 0 radical (unpaired) electrons. The molecule has 35 heavy (non-hydrogen) atoms. The molecule has 2 N–H and O–H groups in total. The SMILES string of the molecule is CC(C)c1ccc(C2(C)NC(=O)N(CC(=O)NC(Cc3ccccc3)c3ccccc3)C2=O)cc1. The van der Waals surface area contributed by atoms with Gasteiger partial charge in [0.05, 0.1) is 6.04 Å². The van der Waals surface area contributed by atoms with Crippen LogP contribution in [0.2, 0.25) is 0 Å². The number of carbonyl (C=O) groups excluding carboxylic acids is 3. The number of benzene rings is 3. The number of carbonyl (C=O) groups is 3. The molecule has 3 aromatic carbocycles. The predicted molar refractivity (Wildman–Crippen MR) is 136 cm³/mol. The van der Waals surface area contributed by atoms with Gasteiger partial charge in [-0.15, -0.1) is 0 Å². The summed E-state index contributed by atoms with van der Waals surface area (Å²) in [5, 5.41) is 5.81. The molecule has 180 valence electrons. The number of rotatable bonds is 8. The number of urea groups is 1. The zero-order chi connectivity index (χ0) is 25.0. The quantitative estimate of drug-likeness (QED) is 0.471. The lowest BCUT2D eigenvalue weighted by Gasteiger charge is -2.23. The highest BCUT2D eigenvalue weighted by Gasteiger charge is 2.49. The summed E-state index contributed by atoms with van der Waals surface area (Å²) in [5.41, 5.74) is 2.66. The van der Waals surface area contributed by atoms with Crippen molar-refractivity contribution in [2.75, 3.05) is 6.54 Å². The Hall–Kier alpha value is -3.93. The number of imide groups is 1. The van der Waals surface area contributed by atoms with E-state index in [0.717, 1.165) is 21.6 Å². The lowest BCUT2D eigenvalue weighted by Crippen LogP contribution is -2.44. The Bertz CT molecular complexity index is 1190. The minimum absolute atomic E-state index is 0.290. The van der Waals surface area contributed by atoms with Crippen molar-refractivity contribution >= 4 is 17.8 Å². The highest BCUT2D eigenvalue weighted by Crippen LogP contribution is 2.30. The van der Waals surface area contributed by atoms with Gasteiger partial charge >= 0.3 is 6.03 Å². The largest absolute Gasteiger partial charge is 0.347 e. The molecule has 3 aromatic rings. The fourth-order valence-corrected chi connectivity index (χ4v) is 4.41. The van der Waals surface area contributed by atoms with Crippen LogP contribution in [0.25, 0.3) is 0 Å². The standard InChI is InChI=1S/C29H31N3O3/c1-20(2)22-14-16-24(17-15-22)29(3)27(34)32(28(35)31-29)19-26(33)30-25(23-12-8-5-9-13-23)18-21-10-6-4-7-11-21/h4-17,20,25H,18-19H2,1-3H3,(H,30,33)(H,31,35). The summed E-state index contributed by atoms with van der Waals surface area (Å²) in [6.07, 6.45) is 0.594. The van der Waals surface area contributed by atoms with E-state index in [1.54, 1.807) is 6.92 Å². The van der Waals surface area contributed by atoms with Gasteiger partial charge in [-0.05, 0) is 41.5 Å². The lowest BCUT2D eigenvalue weighted by molar-refractivity contribution is -0.135. The van der Waals surface area contributed by atoms with Gasteiger partial charge in [0, 0.05) is 0 Å². The molecule has 0 saturated carbocycles. The van der Waals surface area contributed by atoms with E-state index in [4.69, 9.17) is 0 Å². The van der Waals surface area contributed by atoms with E-state index in [2.05, 4.69) is 24.5 Å². The van der Waals surface area contributed by atoms with Gasteiger partial charge in [-0.1, -0.05) is 98.8 Å². The van der Waals surface area contributed by atoms with Crippen LogP contribution in [-0.4, -0.2) is 29.3 Å².